The van der Waals surface area contributed by atoms with Crippen LogP contribution in [0, 0.1) is 6.92 Å². The molecule has 0 aliphatic heterocycles. The van der Waals surface area contributed by atoms with Gasteiger partial charge in [-0.05, 0) is 56.9 Å². The number of aryl methyl sites for hydroxylation is 2. The number of hydrogen-bond acceptors (Lipinski definition) is 2. The molecule has 106 valence electrons. The predicted molar refractivity (Wildman–Crippen MR) is 86.2 cm³/mol. The third kappa shape index (κ3) is 2.90. The predicted octanol–water partition coefficient (Wildman–Crippen LogP) is 3.94. The summed E-state index contributed by atoms with van der Waals surface area (Å²) in [6, 6.07) is 8.32. The highest BCUT2D eigenvalue weighted by Gasteiger charge is 2.17. The zero-order valence-corrected chi connectivity index (χ0v) is 13.4. The van der Waals surface area contributed by atoms with Gasteiger partial charge in [0.2, 0.25) is 0 Å². The number of rotatable bonds is 4. The summed E-state index contributed by atoms with van der Waals surface area (Å²) in [5.74, 6) is 1.16. The van der Waals surface area contributed by atoms with Crippen molar-refractivity contribution in [2.45, 2.75) is 39.2 Å². The van der Waals surface area contributed by atoms with Crippen LogP contribution in [0.15, 0.2) is 28.7 Å². The molecule has 0 saturated carbocycles. The molecule has 1 aromatic heterocycles. The van der Waals surface area contributed by atoms with E-state index in [1.54, 1.807) is 0 Å². The minimum atomic E-state index is 0.936. The highest BCUT2D eigenvalue weighted by atomic mass is 79.9. The highest BCUT2D eigenvalue weighted by molar-refractivity contribution is 9.10. The van der Waals surface area contributed by atoms with Gasteiger partial charge in [-0.1, -0.05) is 15.9 Å². The van der Waals surface area contributed by atoms with Crippen LogP contribution in [0.3, 0.4) is 0 Å². The topological polar surface area (TPSA) is 29.9 Å². The number of aromatic nitrogens is 2. The molecule has 0 radical (unpaired) electrons. The Balaban J connectivity index is 1.64. The Bertz CT molecular complexity index is 587. The smallest absolute Gasteiger partial charge is 0.106 e. The fourth-order valence-electron chi connectivity index (χ4n) is 2.91. The second-order valence-electron chi connectivity index (χ2n) is 5.34. The van der Waals surface area contributed by atoms with Crippen molar-refractivity contribution in [1.29, 1.82) is 0 Å². The molecule has 2 aromatic rings. The van der Waals surface area contributed by atoms with Crippen LogP contribution in [-0.2, 0) is 19.4 Å². The van der Waals surface area contributed by atoms with Gasteiger partial charge in [0.05, 0.1) is 5.69 Å². The number of nitrogens with one attached hydrogen (secondary N) is 1. The molecule has 1 heterocycles. The first-order valence-electron chi connectivity index (χ1n) is 7.28. The van der Waals surface area contributed by atoms with Gasteiger partial charge in [0.25, 0.3) is 0 Å². The monoisotopic (exact) mass is 333 g/mol. The standard InChI is InChI=1S/C16H20BrN3/c1-12-19-15-4-2-3-5-16(15)20(12)11-10-18-14-8-6-13(17)7-9-14/h6-9,18H,2-5,10-11H2,1H3. The molecule has 0 unspecified atom stereocenters. The average Bonchev–Trinajstić information content (AvgIpc) is 2.77. The van der Waals surface area contributed by atoms with Crippen LogP contribution < -0.4 is 5.32 Å². The van der Waals surface area contributed by atoms with Crippen LogP contribution in [0.2, 0.25) is 0 Å². The van der Waals surface area contributed by atoms with E-state index in [2.05, 4.69) is 57.0 Å². The summed E-state index contributed by atoms with van der Waals surface area (Å²) in [7, 11) is 0. The first-order valence-corrected chi connectivity index (χ1v) is 8.07. The van der Waals surface area contributed by atoms with Gasteiger partial charge in [0.1, 0.15) is 5.82 Å². The van der Waals surface area contributed by atoms with E-state index < -0.39 is 0 Å². The minimum absolute atomic E-state index is 0.936. The number of anilines is 1. The molecule has 0 atom stereocenters. The number of nitrogens with zero attached hydrogens (tertiary/aromatic N) is 2. The summed E-state index contributed by atoms with van der Waals surface area (Å²) in [6.07, 6.45) is 4.94. The molecule has 0 bridgehead atoms. The molecule has 0 spiro atoms. The second-order valence-corrected chi connectivity index (χ2v) is 6.26. The van der Waals surface area contributed by atoms with Crippen molar-refractivity contribution < 1.29 is 0 Å². The van der Waals surface area contributed by atoms with E-state index in [0.29, 0.717) is 0 Å². The summed E-state index contributed by atoms with van der Waals surface area (Å²) in [6.45, 7) is 4.05. The SMILES string of the molecule is Cc1nc2c(n1CCNc1ccc(Br)cc1)CCCC2. The molecule has 1 aliphatic carbocycles. The minimum Gasteiger partial charge on any atom is -0.383 e. The van der Waals surface area contributed by atoms with Crippen molar-refractivity contribution in [3.63, 3.8) is 0 Å². The van der Waals surface area contributed by atoms with E-state index in [4.69, 9.17) is 4.98 Å². The van der Waals surface area contributed by atoms with Gasteiger partial charge in [-0.25, -0.2) is 4.98 Å². The number of fused-ring (bicyclic) bond motifs is 1. The lowest BCUT2D eigenvalue weighted by molar-refractivity contribution is 0.606. The summed E-state index contributed by atoms with van der Waals surface area (Å²) >= 11 is 3.46. The second kappa shape index (κ2) is 6.00. The van der Waals surface area contributed by atoms with Crippen molar-refractivity contribution in [2.75, 3.05) is 11.9 Å². The zero-order valence-electron chi connectivity index (χ0n) is 11.8. The first kappa shape index (κ1) is 13.7. The number of hydrogen-bond donors (Lipinski definition) is 1. The lowest BCUT2D eigenvalue weighted by Gasteiger charge is -2.15. The van der Waals surface area contributed by atoms with Crippen LogP contribution in [0.1, 0.15) is 30.1 Å². The summed E-state index contributed by atoms with van der Waals surface area (Å²) in [5.41, 5.74) is 3.96. The Morgan fingerprint density at radius 2 is 1.95 bits per heavy atom. The molecular weight excluding hydrogens is 314 g/mol. The maximum Gasteiger partial charge on any atom is 0.106 e. The van der Waals surface area contributed by atoms with Crippen LogP contribution in [-0.4, -0.2) is 16.1 Å². The molecule has 3 rings (SSSR count). The summed E-state index contributed by atoms with van der Waals surface area (Å²) in [5, 5.41) is 3.47. The summed E-state index contributed by atoms with van der Waals surface area (Å²) < 4.78 is 3.50. The molecule has 0 amide bonds. The largest absolute Gasteiger partial charge is 0.383 e. The quantitative estimate of drug-likeness (QED) is 0.918. The van der Waals surface area contributed by atoms with Gasteiger partial charge >= 0.3 is 0 Å². The van der Waals surface area contributed by atoms with Crippen molar-refractivity contribution in [2.24, 2.45) is 0 Å². The molecule has 1 aliphatic rings. The number of benzene rings is 1. The van der Waals surface area contributed by atoms with Gasteiger partial charge in [0, 0.05) is 28.9 Å². The molecule has 1 aromatic carbocycles. The highest BCUT2D eigenvalue weighted by Crippen LogP contribution is 2.22. The number of imidazole rings is 1. The van der Waals surface area contributed by atoms with Crippen molar-refractivity contribution in [1.82, 2.24) is 9.55 Å². The molecule has 20 heavy (non-hydrogen) atoms. The van der Waals surface area contributed by atoms with E-state index in [0.717, 1.165) is 29.8 Å². The number of halogens is 1. The Morgan fingerprint density at radius 1 is 1.20 bits per heavy atom. The van der Waals surface area contributed by atoms with Crippen molar-refractivity contribution in [3.8, 4) is 0 Å². The van der Waals surface area contributed by atoms with E-state index in [1.807, 2.05) is 0 Å². The lowest BCUT2D eigenvalue weighted by Crippen LogP contribution is -2.15. The Kier molecular flexibility index (Phi) is 4.10. The average molecular weight is 334 g/mol. The van der Waals surface area contributed by atoms with Crippen LogP contribution in [0.25, 0.3) is 0 Å². The third-order valence-electron chi connectivity index (χ3n) is 3.93. The Morgan fingerprint density at radius 3 is 2.75 bits per heavy atom. The molecule has 0 fully saturated rings. The lowest BCUT2D eigenvalue weighted by atomic mass is 10.0. The maximum absolute atomic E-state index is 4.72. The fraction of sp³-hybridized carbons (Fsp3) is 0.438. The van der Waals surface area contributed by atoms with Crippen molar-refractivity contribution >= 4 is 21.6 Å². The van der Waals surface area contributed by atoms with E-state index >= 15 is 0 Å². The van der Waals surface area contributed by atoms with E-state index in [-0.39, 0.29) is 0 Å². The van der Waals surface area contributed by atoms with E-state index in [9.17, 15) is 0 Å². The van der Waals surface area contributed by atoms with Crippen LogP contribution in [0.4, 0.5) is 5.69 Å². The Hall–Kier alpha value is -1.29. The van der Waals surface area contributed by atoms with Gasteiger partial charge in [0.15, 0.2) is 0 Å². The van der Waals surface area contributed by atoms with E-state index in [1.165, 1.54) is 36.3 Å². The normalized spacial score (nSPS) is 14.1. The fourth-order valence-corrected chi connectivity index (χ4v) is 3.18. The van der Waals surface area contributed by atoms with Crippen LogP contribution >= 0.6 is 15.9 Å². The first-order chi connectivity index (χ1) is 9.74. The van der Waals surface area contributed by atoms with Gasteiger partial charge in [-0.3, -0.25) is 0 Å². The molecule has 0 saturated heterocycles. The molecular formula is C16H20BrN3. The molecule has 1 N–H and O–H groups in total. The molecule has 4 heteroatoms. The third-order valence-corrected chi connectivity index (χ3v) is 4.46. The zero-order chi connectivity index (χ0) is 13.9. The summed E-state index contributed by atoms with van der Waals surface area (Å²) in [4.78, 5) is 4.72. The van der Waals surface area contributed by atoms with Gasteiger partial charge in [-0.15, -0.1) is 0 Å². The molecule has 3 nitrogen and oxygen atoms in total. The van der Waals surface area contributed by atoms with Gasteiger partial charge < -0.3 is 9.88 Å². The van der Waals surface area contributed by atoms with Gasteiger partial charge in [-0.2, -0.15) is 0 Å². The van der Waals surface area contributed by atoms with Crippen molar-refractivity contribution in [3.05, 3.63) is 46.0 Å². The Labute approximate surface area is 128 Å². The maximum atomic E-state index is 4.72. The van der Waals surface area contributed by atoms with Crippen LogP contribution in [0.5, 0.6) is 0 Å².